The summed E-state index contributed by atoms with van der Waals surface area (Å²) in [4.78, 5) is 38.1. The molecule has 3 heterocycles. The van der Waals surface area contributed by atoms with Crippen molar-refractivity contribution in [3.8, 4) is 0 Å². The van der Waals surface area contributed by atoms with E-state index in [0.717, 1.165) is 90.1 Å². The fourth-order valence-corrected chi connectivity index (χ4v) is 13.1. The van der Waals surface area contributed by atoms with Gasteiger partial charge in [-0.25, -0.2) is 61.5 Å². The molecule has 6 N–H and O–H groups in total. The minimum atomic E-state index is -1.46. The van der Waals surface area contributed by atoms with Gasteiger partial charge in [-0.15, -0.1) is 0 Å². The van der Waals surface area contributed by atoms with Crippen LogP contribution in [0.3, 0.4) is 0 Å². The van der Waals surface area contributed by atoms with Crippen LogP contribution in [0.4, 0.5) is 35.9 Å². The van der Waals surface area contributed by atoms with Crippen LogP contribution in [0.25, 0.3) is 30.4 Å². The molecule has 6 aromatic carbocycles. The molecule has 6 aromatic rings. The molecule has 3 saturated carbocycles. The molecule has 6 aliphatic rings. The first-order chi connectivity index (χ1) is 46.5. The molecule has 0 saturated heterocycles. The van der Waals surface area contributed by atoms with E-state index in [1.54, 1.807) is 108 Å². The highest BCUT2D eigenvalue weighted by molar-refractivity contribution is 9.10. The lowest BCUT2D eigenvalue weighted by atomic mass is 9.69. The smallest absolute Gasteiger partial charge is 0.459 e. The molecule has 3 aliphatic carbocycles. The summed E-state index contributed by atoms with van der Waals surface area (Å²) < 4.78 is 112. The Labute approximate surface area is 590 Å². The van der Waals surface area contributed by atoms with Crippen molar-refractivity contribution in [2.24, 2.45) is 20.7 Å². The van der Waals surface area contributed by atoms with Crippen LogP contribution < -0.4 is 16.4 Å². The number of ether oxygens (including phenoxy) is 5. The van der Waals surface area contributed by atoms with Gasteiger partial charge < -0.3 is 39.5 Å². The van der Waals surface area contributed by atoms with Crippen LogP contribution in [0.5, 0.6) is 0 Å². The van der Waals surface area contributed by atoms with Gasteiger partial charge in [-0.3, -0.25) is 0 Å². The van der Waals surface area contributed by atoms with Gasteiger partial charge in [-0.05, 0) is 227 Å². The Morgan fingerprint density at radius 2 is 0.800 bits per heavy atom. The Hall–Kier alpha value is -8.67. The molecular weight excluding hydrogens is 1360 g/mol. The molecule has 0 bridgehead atoms. The van der Waals surface area contributed by atoms with Crippen LogP contribution in [0.1, 0.15) is 191 Å². The van der Waals surface area contributed by atoms with Crippen molar-refractivity contribution in [1.82, 2.24) is 10.6 Å². The summed E-state index contributed by atoms with van der Waals surface area (Å²) >= 11 is 3.40. The van der Waals surface area contributed by atoms with Gasteiger partial charge in [0, 0.05) is 40.4 Å². The molecule has 0 unspecified atom stereocenters. The molecule has 3 aliphatic heterocycles. The lowest BCUT2D eigenvalue weighted by molar-refractivity contribution is -0.0618. The minimum Gasteiger partial charge on any atom is -0.459 e. The summed E-state index contributed by atoms with van der Waals surface area (Å²) in [6, 6.07) is 33.0. The zero-order chi connectivity index (χ0) is 71.8. The molecule has 532 valence electrons. The van der Waals surface area contributed by atoms with Crippen molar-refractivity contribution in [3.05, 3.63) is 217 Å². The lowest BCUT2D eigenvalue weighted by Gasteiger charge is -2.49. The first-order valence-corrected chi connectivity index (χ1v) is 33.7. The van der Waals surface area contributed by atoms with Crippen LogP contribution in [-0.4, -0.2) is 75.4 Å². The molecule has 100 heavy (non-hydrogen) atoms. The number of alkyl carbamates (subject to hydrolysis) is 2. The van der Waals surface area contributed by atoms with Gasteiger partial charge in [0.15, 0.2) is 0 Å². The molecule has 12 rings (SSSR count). The maximum atomic E-state index is 15.1. The molecule has 0 radical (unpaired) electrons. The summed E-state index contributed by atoms with van der Waals surface area (Å²) in [6.07, 6.45) is 17.6. The number of rotatable bonds is 9. The fraction of sp³-hybridized carbons (Fsp3) is 0.390. The van der Waals surface area contributed by atoms with Crippen molar-refractivity contribution >= 4 is 83.7 Å². The Balaban J connectivity index is 0.000000177. The molecule has 0 aromatic heterocycles. The predicted molar refractivity (Wildman–Crippen MR) is 384 cm³/mol. The molecular formula is C77H88BBrF6N6O9. The van der Waals surface area contributed by atoms with Gasteiger partial charge in [-0.1, -0.05) is 108 Å². The van der Waals surface area contributed by atoms with Crippen molar-refractivity contribution in [2.75, 3.05) is 0 Å². The number of carbonyl (C=O) groups excluding carboxylic acids is 2. The number of nitrogens with zero attached hydrogens (tertiary/aromatic N) is 3. The highest BCUT2D eigenvalue weighted by atomic mass is 79.9. The van der Waals surface area contributed by atoms with E-state index in [0.29, 0.717) is 36.0 Å². The first kappa shape index (κ1) is 77.1. The van der Waals surface area contributed by atoms with E-state index in [1.807, 2.05) is 51.1 Å². The number of hydrogen-bond acceptors (Lipinski definition) is 13. The number of carbonyl (C=O) groups is 2. The third-order valence-corrected chi connectivity index (χ3v) is 18.2. The van der Waals surface area contributed by atoms with Gasteiger partial charge in [0.05, 0.1) is 16.6 Å². The average Bonchev–Trinajstić information content (AvgIpc) is 0.757. The number of nitrogens with two attached hydrogens (primary N) is 1. The topological polar surface area (TPSA) is 208 Å². The third-order valence-electron chi connectivity index (χ3n) is 17.7. The van der Waals surface area contributed by atoms with Crippen molar-refractivity contribution < 1.29 is 69.7 Å². The second-order valence-corrected chi connectivity index (χ2v) is 29.4. The monoisotopic (exact) mass is 1440 g/mol. The van der Waals surface area contributed by atoms with E-state index in [-0.39, 0.29) is 66.0 Å². The van der Waals surface area contributed by atoms with Crippen LogP contribution in [-0.2, 0) is 40.3 Å². The van der Waals surface area contributed by atoms with Gasteiger partial charge in [-0.2, -0.15) is 0 Å². The number of amidine groups is 3. The van der Waals surface area contributed by atoms with Crippen molar-refractivity contribution in [1.29, 1.82) is 0 Å². The first-order valence-electron chi connectivity index (χ1n) is 32.9. The van der Waals surface area contributed by atoms with E-state index >= 15 is 4.39 Å². The fourth-order valence-electron chi connectivity index (χ4n) is 12.7. The quantitative estimate of drug-likeness (QED) is 0.0526. The number of aliphatic imine (C=N–C) groups is 3. The molecule has 15 nitrogen and oxygen atoms in total. The van der Waals surface area contributed by atoms with Crippen LogP contribution in [0.2, 0.25) is 0 Å². The Bertz CT molecular complexity index is 4070. The number of halogens is 7. The van der Waals surface area contributed by atoms with Gasteiger partial charge in [0.1, 0.15) is 62.9 Å². The SMILES string of the molecule is C.CC(C)(C)OC(=O)NC1=N[C@](C)(c2cc(/C=C/c3ccc(F)cc3)ccc2F)CC2(CCC2)O1.CC(C)(C)OC(=O)NC1=N[C@](C)(c2cc(Br)ccc2F)CC2(CCC2)O1.C[C@@]1(c2cc(/C=C/c3ccc(F)cc3)ccc2F)CC2(CCC2)OC(N)=N1.OB(O)/C=C/c1ccc(F)cc1. The zero-order valence-electron chi connectivity index (χ0n) is 57.0. The number of nitrogens with one attached hydrogen (secondary N) is 2. The van der Waals surface area contributed by atoms with Crippen molar-refractivity contribution in [2.45, 2.75) is 191 Å². The zero-order valence-corrected chi connectivity index (χ0v) is 58.6. The molecule has 3 fully saturated rings. The molecule has 23 heteroatoms. The highest BCUT2D eigenvalue weighted by Crippen LogP contribution is 2.52. The molecule has 3 atom stereocenters. The highest BCUT2D eigenvalue weighted by Gasteiger charge is 2.53. The van der Waals surface area contributed by atoms with E-state index in [1.165, 1.54) is 66.6 Å². The van der Waals surface area contributed by atoms with E-state index in [4.69, 9.17) is 39.5 Å². The number of benzene rings is 6. The number of amides is 2. The van der Waals surface area contributed by atoms with E-state index in [9.17, 15) is 31.5 Å². The maximum absolute atomic E-state index is 15.1. The lowest BCUT2D eigenvalue weighted by Crippen LogP contribution is -2.54. The summed E-state index contributed by atoms with van der Waals surface area (Å²) in [5, 5.41) is 22.1. The van der Waals surface area contributed by atoms with Crippen LogP contribution >= 0.6 is 15.9 Å². The van der Waals surface area contributed by atoms with Crippen molar-refractivity contribution in [3.63, 3.8) is 0 Å². The van der Waals surface area contributed by atoms with Gasteiger partial charge in [0.25, 0.3) is 18.1 Å². The summed E-state index contributed by atoms with van der Waals surface area (Å²) in [7, 11) is -1.46. The maximum Gasteiger partial charge on any atom is 0.480 e. The molecule has 3 spiro atoms. The number of hydrogen-bond donors (Lipinski definition) is 5. The summed E-state index contributed by atoms with van der Waals surface area (Å²) in [5.74, 6) is -0.685. The summed E-state index contributed by atoms with van der Waals surface area (Å²) in [6.45, 7) is 16.3. The van der Waals surface area contributed by atoms with E-state index < -0.39 is 58.3 Å². The molecule has 2 amide bonds. The Kier molecular flexibility index (Phi) is 24.3. The second kappa shape index (κ2) is 31.5. The van der Waals surface area contributed by atoms with E-state index in [2.05, 4.69) is 41.5 Å². The van der Waals surface area contributed by atoms with Gasteiger partial charge >= 0.3 is 19.3 Å². The third kappa shape index (κ3) is 20.7. The Morgan fingerprint density at radius 3 is 1.14 bits per heavy atom. The summed E-state index contributed by atoms with van der Waals surface area (Å²) in [5.41, 5.74) is 6.34. The largest absolute Gasteiger partial charge is 0.480 e. The average molecular weight is 1450 g/mol. The minimum absolute atomic E-state index is 0. The Morgan fingerprint density at radius 1 is 0.490 bits per heavy atom. The van der Waals surface area contributed by atoms with Gasteiger partial charge in [0.2, 0.25) is 0 Å². The second-order valence-electron chi connectivity index (χ2n) is 28.5. The predicted octanol–water partition coefficient (Wildman–Crippen LogP) is 18.1. The standard InChI is InChI=1S/C27H30F2N2O3.C22H22F2N2O.C19H24BrFN2O3.C8H8BFO2.CH4/c1-25(2,3)34-24(32)30-23-31-26(4,17-27(33-23)14-5-15-27)21-16-19(10-13-22(21)29)7-6-18-8-11-20(28)12-9-18;1-21(14-22(11-2-12-22)27-20(25)26-21)18-13-16(7-10-19(18)24)4-3-15-5-8-17(23)9-6-15;1-17(2,3)26-16(24)22-15-23-18(4,11-19(25-15)8-5-9-19)13-10-12(20)6-7-14(13)21;10-8-3-1-7(2-4-8)5-6-9(11)12;/h6-13,16H,5,14-15,17H2,1-4H3,(H,30,31,32);3-10,13H,2,11-12,14H2,1H3,(H2,25,26);6-7,10H,5,8-9,11H2,1-4H3,(H,22,23,24);1-6,11-12H;1H4/b7-6+;4-3+;;6-5+;/t26-;21-;18-;;/m000../s1. The van der Waals surface area contributed by atoms with Crippen LogP contribution in [0, 0.1) is 34.9 Å². The van der Waals surface area contributed by atoms with Crippen LogP contribution in [0.15, 0.2) is 153 Å². The normalized spacial score (nSPS) is 21.3.